The Hall–Kier alpha value is -1.30. The summed E-state index contributed by atoms with van der Waals surface area (Å²) in [5, 5.41) is 6.50. The first-order chi connectivity index (χ1) is 10.1. The molecule has 3 nitrogen and oxygen atoms in total. The molecule has 110 valence electrons. The van der Waals surface area contributed by atoms with Crippen LogP contribution in [0.5, 0.6) is 0 Å². The van der Waals surface area contributed by atoms with E-state index in [0.29, 0.717) is 6.54 Å². The van der Waals surface area contributed by atoms with Crippen LogP contribution in [0.3, 0.4) is 0 Å². The maximum Gasteiger partial charge on any atom is 0.244 e. The third-order valence-corrected chi connectivity index (χ3v) is 4.58. The van der Waals surface area contributed by atoms with Crippen LogP contribution in [0.2, 0.25) is 5.02 Å². The van der Waals surface area contributed by atoms with Crippen molar-refractivity contribution in [1.82, 2.24) is 10.3 Å². The summed E-state index contributed by atoms with van der Waals surface area (Å²) in [5.74, 6) is 0.717. The Morgan fingerprint density at radius 1 is 1.43 bits per heavy atom. The molecule has 2 rings (SSSR count). The lowest BCUT2D eigenvalue weighted by Gasteiger charge is -2.02. The fourth-order valence-corrected chi connectivity index (χ4v) is 3.03. The van der Waals surface area contributed by atoms with Gasteiger partial charge in [-0.2, -0.15) is 0 Å². The van der Waals surface area contributed by atoms with Gasteiger partial charge in [0.05, 0.1) is 10.7 Å². The predicted molar refractivity (Wildman–Crippen MR) is 91.1 cm³/mol. The average Bonchev–Trinajstić information content (AvgIpc) is 2.89. The topological polar surface area (TPSA) is 42.0 Å². The number of hydrogen-bond acceptors (Lipinski definition) is 4. The van der Waals surface area contributed by atoms with Crippen molar-refractivity contribution in [2.45, 2.75) is 11.8 Å². The summed E-state index contributed by atoms with van der Waals surface area (Å²) in [5.41, 5.74) is 0.822. The highest BCUT2D eigenvalue weighted by molar-refractivity contribution is 7.99. The molecule has 0 spiro atoms. The molecule has 1 aromatic carbocycles. The van der Waals surface area contributed by atoms with Crippen LogP contribution >= 0.6 is 34.7 Å². The molecule has 0 saturated carbocycles. The molecule has 21 heavy (non-hydrogen) atoms. The van der Waals surface area contributed by atoms with Gasteiger partial charge in [0.2, 0.25) is 5.91 Å². The van der Waals surface area contributed by atoms with E-state index < -0.39 is 0 Å². The summed E-state index contributed by atoms with van der Waals surface area (Å²) in [7, 11) is 0. The van der Waals surface area contributed by atoms with Gasteiger partial charge in [-0.15, -0.1) is 23.1 Å². The first-order valence-corrected chi connectivity index (χ1v) is 8.64. The van der Waals surface area contributed by atoms with Gasteiger partial charge in [0, 0.05) is 33.7 Å². The van der Waals surface area contributed by atoms with E-state index in [1.54, 1.807) is 29.2 Å². The van der Waals surface area contributed by atoms with Crippen molar-refractivity contribution in [2.24, 2.45) is 0 Å². The van der Waals surface area contributed by atoms with Crippen molar-refractivity contribution >= 4 is 46.7 Å². The van der Waals surface area contributed by atoms with E-state index in [2.05, 4.69) is 10.3 Å². The number of thiazole rings is 1. The zero-order chi connectivity index (χ0) is 15.1. The van der Waals surface area contributed by atoms with Crippen molar-refractivity contribution in [2.75, 3.05) is 12.3 Å². The number of thioether (sulfide) groups is 1. The molecule has 0 aliphatic heterocycles. The van der Waals surface area contributed by atoms with Crippen LogP contribution in [0, 0.1) is 6.92 Å². The molecule has 0 bridgehead atoms. The molecule has 2 aromatic rings. The van der Waals surface area contributed by atoms with Gasteiger partial charge in [-0.1, -0.05) is 11.6 Å². The number of nitrogens with one attached hydrogen (secondary N) is 1. The normalized spacial score (nSPS) is 11.0. The highest BCUT2D eigenvalue weighted by Gasteiger charge is 1.98. The molecular formula is C15H15ClN2OS2. The maximum atomic E-state index is 11.6. The first-order valence-electron chi connectivity index (χ1n) is 6.40. The van der Waals surface area contributed by atoms with E-state index in [1.165, 1.54) is 6.08 Å². The second kappa shape index (κ2) is 8.22. The number of rotatable bonds is 6. The van der Waals surface area contributed by atoms with E-state index in [1.807, 2.05) is 36.6 Å². The second-order valence-electron chi connectivity index (χ2n) is 4.22. The van der Waals surface area contributed by atoms with Gasteiger partial charge in [0.1, 0.15) is 0 Å². The molecule has 0 aliphatic carbocycles. The van der Waals surface area contributed by atoms with Gasteiger partial charge < -0.3 is 5.32 Å². The smallest absolute Gasteiger partial charge is 0.244 e. The Kier molecular flexibility index (Phi) is 6.29. The summed E-state index contributed by atoms with van der Waals surface area (Å²) in [4.78, 5) is 17.0. The lowest BCUT2D eigenvalue weighted by molar-refractivity contribution is -0.116. The van der Waals surface area contributed by atoms with Crippen molar-refractivity contribution < 1.29 is 4.79 Å². The van der Waals surface area contributed by atoms with Crippen LogP contribution in [-0.4, -0.2) is 23.2 Å². The molecule has 6 heteroatoms. The number of halogens is 1. The molecule has 0 radical (unpaired) electrons. The molecule has 0 aliphatic rings. The average molecular weight is 339 g/mol. The van der Waals surface area contributed by atoms with E-state index in [4.69, 9.17) is 11.6 Å². The standard InChI is InChI=1S/C15H15ClN2OS2/c1-11-18-13(10-21-11)4-7-15(19)17-8-9-20-14-5-2-12(16)3-6-14/h2-7,10H,8-9H2,1H3,(H,17,19)/b7-4+. The van der Waals surface area contributed by atoms with Gasteiger partial charge >= 0.3 is 0 Å². The van der Waals surface area contributed by atoms with Crippen LogP contribution in [-0.2, 0) is 4.79 Å². The minimum absolute atomic E-state index is 0.0997. The van der Waals surface area contributed by atoms with Crippen molar-refractivity contribution in [1.29, 1.82) is 0 Å². The minimum atomic E-state index is -0.0997. The Balaban J connectivity index is 1.67. The Bertz CT molecular complexity index is 623. The van der Waals surface area contributed by atoms with Crippen molar-refractivity contribution in [3.8, 4) is 0 Å². The highest BCUT2D eigenvalue weighted by Crippen LogP contribution is 2.19. The third kappa shape index (κ3) is 5.91. The van der Waals surface area contributed by atoms with Gasteiger partial charge in [0.15, 0.2) is 0 Å². The molecular weight excluding hydrogens is 324 g/mol. The van der Waals surface area contributed by atoms with Crippen molar-refractivity contribution in [3.63, 3.8) is 0 Å². The van der Waals surface area contributed by atoms with Gasteiger partial charge in [-0.25, -0.2) is 4.98 Å². The van der Waals surface area contributed by atoms with Gasteiger partial charge in [-0.05, 0) is 37.3 Å². The quantitative estimate of drug-likeness (QED) is 0.491. The summed E-state index contributed by atoms with van der Waals surface area (Å²) in [6, 6.07) is 7.67. The van der Waals surface area contributed by atoms with E-state index in [-0.39, 0.29) is 5.91 Å². The maximum absolute atomic E-state index is 11.6. The second-order valence-corrected chi connectivity index (χ2v) is 6.89. The van der Waals surface area contributed by atoms with Crippen LogP contribution < -0.4 is 5.32 Å². The summed E-state index contributed by atoms with van der Waals surface area (Å²) in [6.07, 6.45) is 3.24. The van der Waals surface area contributed by atoms with Crippen LogP contribution in [0.25, 0.3) is 6.08 Å². The summed E-state index contributed by atoms with van der Waals surface area (Å²) >= 11 is 9.07. The summed E-state index contributed by atoms with van der Waals surface area (Å²) < 4.78 is 0. The number of aromatic nitrogens is 1. The molecule has 1 amide bonds. The predicted octanol–water partition coefficient (Wildman–Crippen LogP) is 4.03. The molecule has 0 saturated heterocycles. The first kappa shape index (κ1) is 16.1. The van der Waals surface area contributed by atoms with Crippen LogP contribution in [0.15, 0.2) is 40.6 Å². The molecule has 1 N–H and O–H groups in total. The molecule has 1 heterocycles. The monoisotopic (exact) mass is 338 g/mol. The Morgan fingerprint density at radius 2 is 2.19 bits per heavy atom. The SMILES string of the molecule is Cc1nc(/C=C/C(=O)NCCSc2ccc(Cl)cc2)cs1. The van der Waals surface area contributed by atoms with E-state index in [0.717, 1.165) is 26.4 Å². The Morgan fingerprint density at radius 3 is 2.86 bits per heavy atom. The fraction of sp³-hybridized carbons (Fsp3) is 0.200. The van der Waals surface area contributed by atoms with Crippen LogP contribution in [0.1, 0.15) is 10.7 Å². The largest absolute Gasteiger partial charge is 0.352 e. The summed E-state index contributed by atoms with van der Waals surface area (Å²) in [6.45, 7) is 2.56. The lowest BCUT2D eigenvalue weighted by atomic mass is 10.4. The zero-order valence-electron chi connectivity index (χ0n) is 11.5. The molecule has 0 atom stereocenters. The lowest BCUT2D eigenvalue weighted by Crippen LogP contribution is -2.23. The van der Waals surface area contributed by atoms with Crippen molar-refractivity contribution in [3.05, 3.63) is 51.4 Å². The highest BCUT2D eigenvalue weighted by atomic mass is 35.5. The Labute approximate surface area is 137 Å². The number of carbonyl (C=O) groups excluding carboxylic acids is 1. The molecule has 1 aromatic heterocycles. The van der Waals surface area contributed by atoms with E-state index in [9.17, 15) is 4.79 Å². The number of hydrogen-bond donors (Lipinski definition) is 1. The van der Waals surface area contributed by atoms with Crippen LogP contribution in [0.4, 0.5) is 0 Å². The minimum Gasteiger partial charge on any atom is -0.352 e. The molecule has 0 unspecified atom stereocenters. The fourth-order valence-electron chi connectivity index (χ4n) is 1.55. The van der Waals surface area contributed by atoms with E-state index >= 15 is 0 Å². The zero-order valence-corrected chi connectivity index (χ0v) is 13.9. The number of carbonyl (C=O) groups is 1. The number of amides is 1. The van der Waals surface area contributed by atoms with Gasteiger partial charge in [0.25, 0.3) is 0 Å². The number of aryl methyl sites for hydroxylation is 1. The third-order valence-electron chi connectivity index (χ3n) is 2.53. The molecule has 0 fully saturated rings. The van der Waals surface area contributed by atoms with Gasteiger partial charge in [-0.3, -0.25) is 4.79 Å². The number of benzene rings is 1. The number of nitrogens with zero attached hydrogens (tertiary/aromatic N) is 1.